The van der Waals surface area contributed by atoms with Crippen LogP contribution in [0.2, 0.25) is 0 Å². The summed E-state index contributed by atoms with van der Waals surface area (Å²) in [5.74, 6) is -7.36. The van der Waals surface area contributed by atoms with Gasteiger partial charge >= 0.3 is 18.3 Å². The van der Waals surface area contributed by atoms with Crippen molar-refractivity contribution in [1.29, 1.82) is 0 Å². The number of nitrogens with zero attached hydrogens (tertiary/aromatic N) is 1. The van der Waals surface area contributed by atoms with Crippen molar-refractivity contribution in [3.8, 4) is 0 Å². The molecular formula is C9H6F6N2O2S. The molecule has 112 valence electrons. The normalized spacial score (nSPS) is 13.7. The zero-order chi connectivity index (χ0) is 15.6. The molecule has 0 radical (unpaired) electrons. The van der Waals surface area contributed by atoms with Gasteiger partial charge in [-0.2, -0.15) is 26.3 Å². The molecule has 0 amide bonds. The van der Waals surface area contributed by atoms with Gasteiger partial charge in [0.05, 0.1) is 4.88 Å². The zero-order valence-corrected chi connectivity index (χ0v) is 10.1. The predicted octanol–water partition coefficient (Wildman–Crippen LogP) is 2.65. The zero-order valence-electron chi connectivity index (χ0n) is 9.33. The van der Waals surface area contributed by atoms with E-state index in [1.807, 2.05) is 0 Å². The monoisotopic (exact) mass is 320 g/mol. The summed E-state index contributed by atoms with van der Waals surface area (Å²) >= 11 is 1.01. The van der Waals surface area contributed by atoms with Crippen LogP contribution < -0.4 is 5.73 Å². The Kier molecular flexibility index (Phi) is 4.63. The van der Waals surface area contributed by atoms with Crippen LogP contribution in [0.15, 0.2) is 22.7 Å². The van der Waals surface area contributed by atoms with Crippen LogP contribution in [-0.2, 0) is 9.63 Å². The first-order valence-electron chi connectivity index (χ1n) is 4.75. The summed E-state index contributed by atoms with van der Waals surface area (Å²) in [5.41, 5.74) is 5.23. The van der Waals surface area contributed by atoms with E-state index in [1.165, 1.54) is 17.5 Å². The molecule has 1 aromatic heterocycles. The summed E-state index contributed by atoms with van der Waals surface area (Å²) in [6, 6.07) is 2.90. The number of hydrogen-bond donors (Lipinski definition) is 1. The highest BCUT2D eigenvalue weighted by Gasteiger charge is 2.62. The molecule has 0 fully saturated rings. The Morgan fingerprint density at radius 3 is 2.20 bits per heavy atom. The molecule has 0 aromatic carbocycles. The topological polar surface area (TPSA) is 64.7 Å². The molecule has 4 nitrogen and oxygen atoms in total. The van der Waals surface area contributed by atoms with Gasteiger partial charge in [-0.15, -0.1) is 11.3 Å². The van der Waals surface area contributed by atoms with E-state index in [-0.39, 0.29) is 4.88 Å². The third kappa shape index (κ3) is 4.11. The summed E-state index contributed by atoms with van der Waals surface area (Å²) in [7, 11) is 0. The fourth-order valence-electron chi connectivity index (χ4n) is 1.07. The van der Waals surface area contributed by atoms with Crippen LogP contribution in [0.25, 0.3) is 0 Å². The van der Waals surface area contributed by atoms with Gasteiger partial charge in [0.1, 0.15) is 0 Å². The highest BCUT2D eigenvalue weighted by molar-refractivity contribution is 7.12. The van der Waals surface area contributed by atoms with Crippen molar-refractivity contribution in [2.45, 2.75) is 12.4 Å². The first-order chi connectivity index (χ1) is 9.03. The van der Waals surface area contributed by atoms with Gasteiger partial charge in [0.25, 0.3) is 0 Å². The standard InChI is InChI=1S/C9H6F6N2O2S/c10-8(11,12)5(9(13,14)15)7(18)19-17-6(16)4-2-1-3-20-4/h1-3,5H,(H2,16,17). The molecule has 0 spiro atoms. The summed E-state index contributed by atoms with van der Waals surface area (Å²) in [4.78, 5) is 14.8. The molecule has 1 rings (SSSR count). The lowest BCUT2D eigenvalue weighted by molar-refractivity contribution is -0.282. The number of carbonyl (C=O) groups excluding carboxylic acids is 1. The fraction of sp³-hybridized carbons (Fsp3) is 0.333. The number of rotatable bonds is 3. The van der Waals surface area contributed by atoms with Crippen molar-refractivity contribution in [2.75, 3.05) is 0 Å². The number of thiophene rings is 1. The Morgan fingerprint density at radius 1 is 1.25 bits per heavy atom. The van der Waals surface area contributed by atoms with Crippen LogP contribution in [0.5, 0.6) is 0 Å². The third-order valence-electron chi connectivity index (χ3n) is 1.90. The number of oxime groups is 1. The van der Waals surface area contributed by atoms with E-state index in [0.29, 0.717) is 0 Å². The summed E-state index contributed by atoms with van der Waals surface area (Å²) < 4.78 is 73.0. The Balaban J connectivity index is 2.86. The first-order valence-corrected chi connectivity index (χ1v) is 5.63. The molecular weight excluding hydrogens is 314 g/mol. The molecule has 1 heterocycles. The Bertz CT molecular complexity index is 480. The number of hydrogen-bond acceptors (Lipinski definition) is 4. The minimum absolute atomic E-state index is 0.230. The van der Waals surface area contributed by atoms with Crippen LogP contribution in [0.1, 0.15) is 4.88 Å². The van der Waals surface area contributed by atoms with E-state index < -0.39 is 30.1 Å². The van der Waals surface area contributed by atoms with Crippen molar-refractivity contribution < 1.29 is 36.0 Å². The molecule has 20 heavy (non-hydrogen) atoms. The second kappa shape index (κ2) is 5.69. The fourth-order valence-corrected chi connectivity index (χ4v) is 1.69. The lowest BCUT2D eigenvalue weighted by Gasteiger charge is -2.19. The van der Waals surface area contributed by atoms with Gasteiger partial charge in [-0.1, -0.05) is 11.2 Å². The van der Waals surface area contributed by atoms with Crippen LogP contribution in [0, 0.1) is 5.92 Å². The van der Waals surface area contributed by atoms with Crippen LogP contribution >= 0.6 is 11.3 Å². The summed E-state index contributed by atoms with van der Waals surface area (Å²) in [5, 5.41) is 4.31. The van der Waals surface area contributed by atoms with Crippen molar-refractivity contribution in [3.05, 3.63) is 22.4 Å². The Morgan fingerprint density at radius 2 is 1.80 bits per heavy atom. The lowest BCUT2D eigenvalue weighted by Crippen LogP contribution is -2.43. The molecule has 0 aliphatic heterocycles. The van der Waals surface area contributed by atoms with E-state index in [1.54, 1.807) is 0 Å². The van der Waals surface area contributed by atoms with Crippen LogP contribution in [0.4, 0.5) is 26.3 Å². The van der Waals surface area contributed by atoms with Gasteiger partial charge in [-0.25, -0.2) is 4.79 Å². The van der Waals surface area contributed by atoms with Gasteiger partial charge in [0.2, 0.25) is 5.92 Å². The molecule has 2 N–H and O–H groups in total. The van der Waals surface area contributed by atoms with Crippen LogP contribution in [0.3, 0.4) is 0 Å². The number of amidine groups is 1. The maximum atomic E-state index is 12.2. The second-order valence-electron chi connectivity index (χ2n) is 3.38. The Hall–Kier alpha value is -1.78. The summed E-state index contributed by atoms with van der Waals surface area (Å²) in [6.45, 7) is 0. The van der Waals surface area contributed by atoms with Crippen molar-refractivity contribution in [2.24, 2.45) is 16.8 Å². The molecule has 0 unspecified atom stereocenters. The average molecular weight is 320 g/mol. The van der Waals surface area contributed by atoms with Gasteiger partial charge in [0, 0.05) is 0 Å². The van der Waals surface area contributed by atoms with E-state index >= 15 is 0 Å². The van der Waals surface area contributed by atoms with Crippen molar-refractivity contribution >= 4 is 23.1 Å². The quantitative estimate of drug-likeness (QED) is 0.306. The minimum Gasteiger partial charge on any atom is -0.380 e. The van der Waals surface area contributed by atoms with E-state index in [2.05, 4.69) is 9.99 Å². The molecule has 0 saturated carbocycles. The smallest absolute Gasteiger partial charge is 0.380 e. The van der Waals surface area contributed by atoms with E-state index in [9.17, 15) is 31.1 Å². The average Bonchev–Trinajstić information content (AvgIpc) is 2.74. The molecule has 0 aliphatic rings. The number of alkyl halides is 6. The SMILES string of the molecule is N/C(=N\OC(=O)C(C(F)(F)F)C(F)(F)F)c1cccs1. The van der Waals surface area contributed by atoms with Gasteiger partial charge in [-0.05, 0) is 11.4 Å². The Labute approximate surface area is 111 Å². The maximum Gasteiger partial charge on any atom is 0.411 e. The minimum atomic E-state index is -5.83. The first kappa shape index (κ1) is 16.3. The summed E-state index contributed by atoms with van der Waals surface area (Å²) in [6.07, 6.45) is -11.7. The maximum absolute atomic E-state index is 12.2. The third-order valence-corrected chi connectivity index (χ3v) is 2.79. The van der Waals surface area contributed by atoms with E-state index in [0.717, 1.165) is 11.3 Å². The largest absolute Gasteiger partial charge is 0.411 e. The van der Waals surface area contributed by atoms with Gasteiger partial charge < -0.3 is 10.6 Å². The second-order valence-corrected chi connectivity index (χ2v) is 4.33. The van der Waals surface area contributed by atoms with Crippen molar-refractivity contribution in [1.82, 2.24) is 0 Å². The molecule has 0 saturated heterocycles. The van der Waals surface area contributed by atoms with Crippen LogP contribution in [-0.4, -0.2) is 24.2 Å². The molecule has 0 atom stereocenters. The molecule has 0 aliphatic carbocycles. The van der Waals surface area contributed by atoms with Gasteiger partial charge in [-0.3, -0.25) is 0 Å². The predicted molar refractivity (Wildman–Crippen MR) is 56.7 cm³/mol. The lowest BCUT2D eigenvalue weighted by atomic mass is 10.1. The number of nitrogens with two attached hydrogens (primary N) is 1. The molecule has 1 aromatic rings. The number of halogens is 6. The highest BCUT2D eigenvalue weighted by Crippen LogP contribution is 2.39. The highest BCUT2D eigenvalue weighted by atomic mass is 32.1. The van der Waals surface area contributed by atoms with Crippen molar-refractivity contribution in [3.63, 3.8) is 0 Å². The van der Waals surface area contributed by atoms with Gasteiger partial charge in [0.15, 0.2) is 5.84 Å². The number of carbonyl (C=O) groups is 1. The molecule has 11 heteroatoms. The molecule has 0 bridgehead atoms. The van der Waals surface area contributed by atoms with E-state index in [4.69, 9.17) is 5.73 Å².